The molecule has 0 fully saturated rings. The first-order chi connectivity index (χ1) is 9.61. The maximum Gasteiger partial charge on any atom is 0.445 e. The molecule has 2 aliphatic heterocycles. The number of nitrogens with zero attached hydrogens (tertiary/aromatic N) is 3. The molecule has 3 amide bonds. The smallest absolute Gasteiger partial charge is 0.445 e. The molecule has 20 heavy (non-hydrogen) atoms. The number of hydrogen-bond donors (Lipinski definition) is 0. The molecule has 1 atom stereocenters. The number of imide groups is 1. The van der Waals surface area contributed by atoms with E-state index in [1.807, 2.05) is 13.8 Å². The molecular formula is C14H20N3O3+. The summed E-state index contributed by atoms with van der Waals surface area (Å²) in [4.78, 5) is 30.2. The number of carbonyl (C=O) groups is 2. The zero-order valence-corrected chi connectivity index (χ0v) is 12.1. The average Bonchev–Trinajstić information content (AvgIpc) is 2.46. The summed E-state index contributed by atoms with van der Waals surface area (Å²) in [5.74, 6) is 0.174. The normalized spacial score (nSPS) is 22.1. The molecule has 0 spiro atoms. The van der Waals surface area contributed by atoms with Gasteiger partial charge in [0, 0.05) is 6.08 Å². The monoisotopic (exact) mass is 278 g/mol. The molecule has 1 unspecified atom stereocenters. The van der Waals surface area contributed by atoms with Gasteiger partial charge >= 0.3 is 11.9 Å². The van der Waals surface area contributed by atoms with E-state index in [-0.39, 0.29) is 11.9 Å². The number of urea groups is 1. The van der Waals surface area contributed by atoms with Crippen LogP contribution in [0.2, 0.25) is 0 Å². The number of rotatable bonds is 5. The third-order valence-electron chi connectivity index (χ3n) is 3.28. The number of hydrogen-bond acceptors (Lipinski definition) is 4. The van der Waals surface area contributed by atoms with E-state index in [0.717, 1.165) is 12.8 Å². The van der Waals surface area contributed by atoms with Crippen LogP contribution in [0.5, 0.6) is 0 Å². The molecule has 2 rings (SSSR count). The summed E-state index contributed by atoms with van der Waals surface area (Å²) in [5.41, 5.74) is 0. The number of carbonyl (C=O) groups excluding carboxylic acids is 2. The van der Waals surface area contributed by atoms with Gasteiger partial charge in [-0.15, -0.1) is 4.99 Å². The van der Waals surface area contributed by atoms with E-state index in [1.165, 1.54) is 9.48 Å². The highest BCUT2D eigenvalue weighted by Crippen LogP contribution is 2.25. The van der Waals surface area contributed by atoms with Crippen molar-refractivity contribution in [1.29, 1.82) is 0 Å². The standard InChI is InChI=1S/C14H20N3O3/c1-4-8-17-13(18)11-10(20-9-5-2)6-7-15-12(11)16(3)14(17)19/h6-7,11H,4-5,8-9H2,1-3H3/q+1. The number of amidine groups is 1. The third kappa shape index (κ3) is 2.37. The van der Waals surface area contributed by atoms with E-state index in [1.54, 1.807) is 19.3 Å². The average molecular weight is 278 g/mol. The molecule has 6 nitrogen and oxygen atoms in total. The largest absolute Gasteiger partial charge is 0.496 e. The molecule has 108 valence electrons. The Labute approximate surface area is 118 Å². The van der Waals surface area contributed by atoms with Crippen molar-refractivity contribution in [2.45, 2.75) is 26.7 Å². The summed E-state index contributed by atoms with van der Waals surface area (Å²) < 4.78 is 7.08. The van der Waals surface area contributed by atoms with Crippen LogP contribution in [-0.2, 0) is 9.53 Å². The highest BCUT2D eigenvalue weighted by Gasteiger charge is 2.49. The van der Waals surface area contributed by atoms with Gasteiger partial charge in [-0.2, -0.15) is 9.48 Å². The number of ether oxygens (including phenoxy) is 1. The van der Waals surface area contributed by atoms with Gasteiger partial charge in [0.1, 0.15) is 12.0 Å². The minimum atomic E-state index is -0.596. The van der Waals surface area contributed by atoms with Crippen molar-refractivity contribution in [3.05, 3.63) is 11.8 Å². The predicted octanol–water partition coefficient (Wildman–Crippen LogP) is 1.41. The van der Waals surface area contributed by atoms with Crippen molar-refractivity contribution < 1.29 is 18.9 Å². The first kappa shape index (κ1) is 14.4. The lowest BCUT2D eigenvalue weighted by atomic mass is 9.99. The zero-order chi connectivity index (χ0) is 14.7. The van der Waals surface area contributed by atoms with Gasteiger partial charge in [0.15, 0.2) is 5.92 Å². The van der Waals surface area contributed by atoms with Crippen LogP contribution >= 0.6 is 0 Å². The van der Waals surface area contributed by atoms with E-state index in [9.17, 15) is 9.59 Å². The number of dihydropyridines is 1. The van der Waals surface area contributed by atoms with Gasteiger partial charge in [0.05, 0.1) is 20.2 Å². The van der Waals surface area contributed by atoms with E-state index in [4.69, 9.17) is 4.74 Å². The fraction of sp³-hybridized carbons (Fsp3) is 0.571. The lowest BCUT2D eigenvalue weighted by molar-refractivity contribution is -0.408. The Morgan fingerprint density at radius 1 is 1.35 bits per heavy atom. The van der Waals surface area contributed by atoms with Crippen molar-refractivity contribution >= 4 is 24.0 Å². The van der Waals surface area contributed by atoms with Crippen LogP contribution in [-0.4, -0.2) is 53.7 Å². The van der Waals surface area contributed by atoms with Crippen LogP contribution in [0.15, 0.2) is 16.8 Å². The van der Waals surface area contributed by atoms with Gasteiger partial charge in [-0.1, -0.05) is 13.8 Å². The minimum Gasteiger partial charge on any atom is -0.496 e. The van der Waals surface area contributed by atoms with Crippen molar-refractivity contribution in [3.8, 4) is 0 Å². The first-order valence-corrected chi connectivity index (χ1v) is 6.94. The summed E-state index contributed by atoms with van der Waals surface area (Å²) in [6.45, 7) is 4.89. The Bertz CT molecular complexity index is 520. The summed E-state index contributed by atoms with van der Waals surface area (Å²) in [5, 5.41) is 0. The molecule has 0 saturated heterocycles. The summed E-state index contributed by atoms with van der Waals surface area (Å²) in [6, 6.07) is -0.322. The molecule has 0 radical (unpaired) electrons. The Hall–Kier alpha value is -1.98. The quantitative estimate of drug-likeness (QED) is 0.714. The van der Waals surface area contributed by atoms with E-state index in [2.05, 4.69) is 4.99 Å². The van der Waals surface area contributed by atoms with Gasteiger partial charge in [-0.05, 0) is 12.8 Å². The molecule has 0 saturated carbocycles. The minimum absolute atomic E-state index is 0.246. The van der Waals surface area contributed by atoms with E-state index < -0.39 is 5.92 Å². The lowest BCUT2D eigenvalue weighted by Gasteiger charge is -2.28. The fourth-order valence-electron chi connectivity index (χ4n) is 2.31. The molecule has 0 bridgehead atoms. The van der Waals surface area contributed by atoms with Crippen LogP contribution in [0, 0.1) is 5.92 Å². The van der Waals surface area contributed by atoms with Crippen LogP contribution in [0.25, 0.3) is 0 Å². The summed E-state index contributed by atoms with van der Waals surface area (Å²) in [7, 11) is 1.64. The van der Waals surface area contributed by atoms with Gasteiger partial charge in [-0.3, -0.25) is 4.79 Å². The highest BCUT2D eigenvalue weighted by atomic mass is 16.5. The Balaban J connectivity index is 2.38. The summed E-state index contributed by atoms with van der Waals surface area (Å²) in [6.07, 6.45) is 4.86. The predicted molar refractivity (Wildman–Crippen MR) is 74.9 cm³/mol. The molecule has 0 aliphatic carbocycles. The van der Waals surface area contributed by atoms with Gasteiger partial charge in [0.25, 0.3) is 5.84 Å². The molecule has 0 aromatic heterocycles. The zero-order valence-electron chi connectivity index (χ0n) is 12.1. The fourth-order valence-corrected chi connectivity index (χ4v) is 2.31. The van der Waals surface area contributed by atoms with Crippen LogP contribution in [0.3, 0.4) is 0 Å². The van der Waals surface area contributed by atoms with Crippen molar-refractivity contribution in [1.82, 2.24) is 4.90 Å². The van der Waals surface area contributed by atoms with E-state index >= 15 is 0 Å². The molecule has 2 heterocycles. The second kappa shape index (κ2) is 5.98. The molecule has 2 aliphatic rings. The van der Waals surface area contributed by atoms with Crippen molar-refractivity contribution in [3.63, 3.8) is 0 Å². The maximum absolute atomic E-state index is 12.5. The van der Waals surface area contributed by atoms with Gasteiger partial charge in [-0.25, -0.2) is 4.79 Å². The molecule has 0 aromatic rings. The van der Waals surface area contributed by atoms with Crippen molar-refractivity contribution in [2.75, 3.05) is 20.2 Å². The van der Waals surface area contributed by atoms with Crippen LogP contribution < -0.4 is 0 Å². The second-order valence-electron chi connectivity index (χ2n) is 4.82. The van der Waals surface area contributed by atoms with Crippen LogP contribution in [0.4, 0.5) is 4.79 Å². The molecule has 6 heteroatoms. The molecule has 0 N–H and O–H groups in total. The Morgan fingerprint density at radius 3 is 2.75 bits per heavy atom. The van der Waals surface area contributed by atoms with Gasteiger partial charge in [0.2, 0.25) is 0 Å². The van der Waals surface area contributed by atoms with Gasteiger partial charge < -0.3 is 4.74 Å². The third-order valence-corrected chi connectivity index (χ3v) is 3.28. The first-order valence-electron chi connectivity index (χ1n) is 6.94. The number of fused-ring (bicyclic) bond motifs is 1. The number of amides is 3. The van der Waals surface area contributed by atoms with E-state index in [0.29, 0.717) is 24.7 Å². The number of allylic oxidation sites excluding steroid dienone is 1. The highest BCUT2D eigenvalue weighted by molar-refractivity contribution is 6.15. The SMILES string of the molecule is CCCOC1=CC=NC2=[N+](C)C(=O)N(CCC)C(=O)C12. The maximum atomic E-state index is 12.5. The summed E-state index contributed by atoms with van der Waals surface area (Å²) >= 11 is 0. The Kier molecular flexibility index (Phi) is 4.32. The lowest BCUT2D eigenvalue weighted by Crippen LogP contribution is -2.54. The number of aliphatic imine (C=N–C) groups is 1. The molecule has 0 aromatic carbocycles. The molecular weight excluding hydrogens is 258 g/mol. The second-order valence-corrected chi connectivity index (χ2v) is 4.82. The Morgan fingerprint density at radius 2 is 2.10 bits per heavy atom. The van der Waals surface area contributed by atoms with Crippen molar-refractivity contribution in [2.24, 2.45) is 10.9 Å². The topological polar surface area (TPSA) is 62.0 Å². The van der Waals surface area contributed by atoms with Crippen LogP contribution in [0.1, 0.15) is 26.7 Å².